The van der Waals surface area contributed by atoms with Crippen molar-refractivity contribution in [2.24, 2.45) is 0 Å². The number of nitrogens with zero attached hydrogens (tertiary/aromatic N) is 1. The van der Waals surface area contributed by atoms with E-state index in [2.05, 4.69) is 27.9 Å². The Labute approximate surface area is 124 Å². The Balaban J connectivity index is 1.94. The normalized spacial score (nSPS) is 17.4. The second kappa shape index (κ2) is 7.06. The van der Waals surface area contributed by atoms with Crippen molar-refractivity contribution in [1.29, 1.82) is 0 Å². The van der Waals surface area contributed by atoms with Gasteiger partial charge in [0.15, 0.2) is 0 Å². The van der Waals surface area contributed by atoms with Crippen LogP contribution < -0.4 is 16.0 Å². The summed E-state index contributed by atoms with van der Waals surface area (Å²) in [7, 11) is 0. The van der Waals surface area contributed by atoms with E-state index >= 15 is 0 Å². The summed E-state index contributed by atoms with van der Waals surface area (Å²) in [6.07, 6.45) is 2.32. The first-order valence-corrected chi connectivity index (χ1v) is 7.38. The van der Waals surface area contributed by atoms with E-state index < -0.39 is 0 Å². The van der Waals surface area contributed by atoms with Gasteiger partial charge >= 0.3 is 0 Å². The van der Waals surface area contributed by atoms with Gasteiger partial charge in [0.25, 0.3) is 5.91 Å². The minimum absolute atomic E-state index is 0.0436. The molecule has 1 aromatic heterocycles. The minimum atomic E-state index is -0.138. The van der Waals surface area contributed by atoms with E-state index in [-0.39, 0.29) is 17.9 Å². The molecule has 0 radical (unpaired) electrons. The van der Waals surface area contributed by atoms with E-state index in [0.29, 0.717) is 18.5 Å². The molecule has 114 valence electrons. The Hall–Kier alpha value is -2.11. The zero-order valence-electron chi connectivity index (χ0n) is 12.5. The molecule has 6 heteroatoms. The lowest BCUT2D eigenvalue weighted by molar-refractivity contribution is -0.119. The highest BCUT2D eigenvalue weighted by Crippen LogP contribution is 2.11. The number of carbonyl (C=O) groups is 2. The fraction of sp³-hybridized carbons (Fsp3) is 0.533. The molecule has 2 amide bonds. The minimum Gasteiger partial charge on any atom is -0.370 e. The van der Waals surface area contributed by atoms with Gasteiger partial charge in [-0.05, 0) is 31.9 Å². The van der Waals surface area contributed by atoms with Gasteiger partial charge in [-0.25, -0.2) is 4.98 Å². The van der Waals surface area contributed by atoms with Crippen LogP contribution in [-0.2, 0) is 4.79 Å². The molecule has 1 aliphatic heterocycles. The molecular formula is C15H22N4O2. The maximum Gasteiger partial charge on any atom is 0.251 e. The van der Waals surface area contributed by atoms with Gasteiger partial charge in [-0.15, -0.1) is 0 Å². The van der Waals surface area contributed by atoms with Gasteiger partial charge in [-0.1, -0.05) is 6.92 Å². The van der Waals surface area contributed by atoms with Gasteiger partial charge in [0, 0.05) is 36.8 Å². The molecule has 0 aromatic carbocycles. The van der Waals surface area contributed by atoms with Crippen LogP contribution >= 0.6 is 0 Å². The van der Waals surface area contributed by atoms with Crippen molar-refractivity contribution in [2.45, 2.75) is 39.2 Å². The number of pyridine rings is 1. The SMILES string of the molecule is CCCNc1cc(C(=O)NCC2CCC(=O)N2)cc(C)n1. The first-order chi connectivity index (χ1) is 10.1. The van der Waals surface area contributed by atoms with E-state index in [4.69, 9.17) is 0 Å². The van der Waals surface area contributed by atoms with Crippen molar-refractivity contribution >= 4 is 17.6 Å². The summed E-state index contributed by atoms with van der Waals surface area (Å²) in [5.41, 5.74) is 1.39. The number of rotatable bonds is 6. The van der Waals surface area contributed by atoms with Crippen LogP contribution in [0, 0.1) is 6.92 Å². The first-order valence-electron chi connectivity index (χ1n) is 7.38. The topological polar surface area (TPSA) is 83.1 Å². The molecule has 1 unspecified atom stereocenters. The Morgan fingerprint density at radius 2 is 2.29 bits per heavy atom. The van der Waals surface area contributed by atoms with Crippen molar-refractivity contribution in [1.82, 2.24) is 15.6 Å². The summed E-state index contributed by atoms with van der Waals surface area (Å²) >= 11 is 0. The van der Waals surface area contributed by atoms with Crippen LogP contribution in [0.15, 0.2) is 12.1 Å². The lowest BCUT2D eigenvalue weighted by atomic mass is 10.2. The number of hydrogen-bond donors (Lipinski definition) is 3. The highest BCUT2D eigenvalue weighted by atomic mass is 16.2. The Bertz CT molecular complexity index is 530. The van der Waals surface area contributed by atoms with E-state index in [1.807, 2.05) is 6.92 Å². The second-order valence-electron chi connectivity index (χ2n) is 5.32. The molecule has 0 bridgehead atoms. The Morgan fingerprint density at radius 1 is 1.48 bits per heavy atom. The number of aromatic nitrogens is 1. The predicted octanol–water partition coefficient (Wildman–Crippen LogP) is 1.22. The van der Waals surface area contributed by atoms with Crippen LogP contribution in [0.4, 0.5) is 5.82 Å². The molecule has 1 atom stereocenters. The van der Waals surface area contributed by atoms with Crippen molar-refractivity contribution in [3.8, 4) is 0 Å². The number of anilines is 1. The zero-order valence-corrected chi connectivity index (χ0v) is 12.5. The fourth-order valence-corrected chi connectivity index (χ4v) is 2.29. The molecule has 21 heavy (non-hydrogen) atoms. The third kappa shape index (κ3) is 4.44. The molecule has 0 saturated carbocycles. The van der Waals surface area contributed by atoms with Crippen LogP contribution in [0.25, 0.3) is 0 Å². The summed E-state index contributed by atoms with van der Waals surface area (Å²) in [6, 6.07) is 3.56. The quantitative estimate of drug-likeness (QED) is 0.735. The van der Waals surface area contributed by atoms with Crippen molar-refractivity contribution in [2.75, 3.05) is 18.4 Å². The molecule has 1 aromatic rings. The van der Waals surface area contributed by atoms with E-state index in [9.17, 15) is 9.59 Å². The molecule has 6 nitrogen and oxygen atoms in total. The van der Waals surface area contributed by atoms with Gasteiger partial charge in [0.1, 0.15) is 5.82 Å². The first kappa shape index (κ1) is 15.3. The molecule has 1 aliphatic rings. The smallest absolute Gasteiger partial charge is 0.251 e. The van der Waals surface area contributed by atoms with Gasteiger partial charge in [0.2, 0.25) is 5.91 Å². The maximum absolute atomic E-state index is 12.2. The van der Waals surface area contributed by atoms with Gasteiger partial charge in [-0.2, -0.15) is 0 Å². The highest BCUT2D eigenvalue weighted by molar-refractivity contribution is 5.95. The van der Waals surface area contributed by atoms with Crippen molar-refractivity contribution in [3.05, 3.63) is 23.4 Å². The number of hydrogen-bond acceptors (Lipinski definition) is 4. The van der Waals surface area contributed by atoms with Crippen LogP contribution in [0.3, 0.4) is 0 Å². The molecule has 2 heterocycles. The van der Waals surface area contributed by atoms with Crippen LogP contribution in [0.2, 0.25) is 0 Å². The molecule has 1 fully saturated rings. The summed E-state index contributed by atoms with van der Waals surface area (Å²) < 4.78 is 0. The van der Waals surface area contributed by atoms with E-state index in [1.54, 1.807) is 12.1 Å². The van der Waals surface area contributed by atoms with Gasteiger partial charge in [0.05, 0.1) is 0 Å². The molecule has 0 spiro atoms. The standard InChI is InChI=1S/C15H22N4O2/c1-3-6-16-13-8-11(7-10(2)18-13)15(21)17-9-12-4-5-14(20)19-12/h7-8,12H,3-6,9H2,1-2H3,(H,16,18)(H,17,21)(H,19,20). The fourth-order valence-electron chi connectivity index (χ4n) is 2.29. The number of aryl methyl sites for hydroxylation is 1. The highest BCUT2D eigenvalue weighted by Gasteiger charge is 2.21. The molecular weight excluding hydrogens is 268 g/mol. The summed E-state index contributed by atoms with van der Waals surface area (Å²) in [6.45, 7) is 5.23. The monoisotopic (exact) mass is 290 g/mol. The van der Waals surface area contributed by atoms with Gasteiger partial charge in [-0.3, -0.25) is 9.59 Å². The molecule has 2 rings (SSSR count). The van der Waals surface area contributed by atoms with Crippen molar-refractivity contribution in [3.63, 3.8) is 0 Å². The largest absolute Gasteiger partial charge is 0.370 e. The second-order valence-corrected chi connectivity index (χ2v) is 5.32. The maximum atomic E-state index is 12.2. The van der Waals surface area contributed by atoms with Crippen LogP contribution in [0.1, 0.15) is 42.2 Å². The summed E-state index contributed by atoms with van der Waals surface area (Å²) in [5.74, 6) is 0.637. The van der Waals surface area contributed by atoms with E-state index in [0.717, 1.165) is 30.9 Å². The third-order valence-corrected chi connectivity index (χ3v) is 3.37. The van der Waals surface area contributed by atoms with E-state index in [1.165, 1.54) is 0 Å². The van der Waals surface area contributed by atoms with Crippen molar-refractivity contribution < 1.29 is 9.59 Å². The van der Waals surface area contributed by atoms with Crippen LogP contribution in [-0.4, -0.2) is 35.9 Å². The Morgan fingerprint density at radius 3 is 2.95 bits per heavy atom. The summed E-state index contributed by atoms with van der Waals surface area (Å²) in [5, 5.41) is 8.88. The summed E-state index contributed by atoms with van der Waals surface area (Å²) in [4.78, 5) is 27.7. The lowest BCUT2D eigenvalue weighted by Gasteiger charge is -2.12. The number of carbonyl (C=O) groups excluding carboxylic acids is 2. The number of nitrogens with one attached hydrogen (secondary N) is 3. The Kier molecular flexibility index (Phi) is 5.14. The van der Waals surface area contributed by atoms with Gasteiger partial charge < -0.3 is 16.0 Å². The van der Waals surface area contributed by atoms with Crippen LogP contribution in [0.5, 0.6) is 0 Å². The molecule has 0 aliphatic carbocycles. The molecule has 3 N–H and O–H groups in total. The zero-order chi connectivity index (χ0) is 15.2. The number of amides is 2. The average Bonchev–Trinajstić information content (AvgIpc) is 2.87. The third-order valence-electron chi connectivity index (χ3n) is 3.37. The average molecular weight is 290 g/mol. The predicted molar refractivity (Wildman–Crippen MR) is 81.3 cm³/mol. The molecule has 1 saturated heterocycles. The lowest BCUT2D eigenvalue weighted by Crippen LogP contribution is -2.38.